The fraction of sp³-hybridized carbons (Fsp3) is 0.158. The Labute approximate surface area is 153 Å². The summed E-state index contributed by atoms with van der Waals surface area (Å²) >= 11 is 5.87. The number of hydrogen-bond acceptors (Lipinski definition) is 3. The van der Waals surface area contributed by atoms with Crippen molar-refractivity contribution in [1.29, 1.82) is 0 Å². The zero-order chi connectivity index (χ0) is 18.6. The first-order valence-corrected chi connectivity index (χ1v) is 8.12. The lowest BCUT2D eigenvalue weighted by atomic mass is 10.1. The number of hydrogen-bond donors (Lipinski definition) is 1. The van der Waals surface area contributed by atoms with Crippen molar-refractivity contribution in [1.82, 2.24) is 9.97 Å². The first-order chi connectivity index (χ1) is 12.4. The second-order valence-corrected chi connectivity index (χ2v) is 5.82. The summed E-state index contributed by atoms with van der Waals surface area (Å²) in [7, 11) is 0. The molecule has 0 atom stereocenters. The second-order valence-electron chi connectivity index (χ2n) is 5.41. The number of para-hydroxylation sites is 1. The number of fused-ring (bicyclic) bond motifs is 1. The molecule has 2 aromatic carbocycles. The maximum absolute atomic E-state index is 12.6. The van der Waals surface area contributed by atoms with E-state index >= 15 is 0 Å². The van der Waals surface area contributed by atoms with Crippen molar-refractivity contribution in [2.45, 2.75) is 12.6 Å². The zero-order valence-corrected chi connectivity index (χ0v) is 14.2. The molecule has 0 unspecified atom stereocenters. The van der Waals surface area contributed by atoms with Crippen LogP contribution in [0.15, 0.2) is 48.8 Å². The highest BCUT2D eigenvalue weighted by Crippen LogP contribution is 2.31. The molecule has 0 aliphatic carbocycles. The van der Waals surface area contributed by atoms with Crippen LogP contribution >= 0.6 is 11.6 Å². The Kier molecular flexibility index (Phi) is 5.29. The van der Waals surface area contributed by atoms with Crippen LogP contribution in [0.2, 0.25) is 5.02 Å². The molecule has 1 aromatic heterocycles. The first-order valence-electron chi connectivity index (χ1n) is 7.74. The van der Waals surface area contributed by atoms with Crippen LogP contribution in [0.25, 0.3) is 10.9 Å². The highest BCUT2D eigenvalue weighted by molar-refractivity contribution is 6.31. The molecule has 0 saturated carbocycles. The topological polar surface area (TPSA) is 37.8 Å². The van der Waals surface area contributed by atoms with Crippen LogP contribution in [0.3, 0.4) is 0 Å². The van der Waals surface area contributed by atoms with Crippen LogP contribution in [0.5, 0.6) is 0 Å². The maximum atomic E-state index is 12.6. The number of rotatable bonds is 3. The van der Waals surface area contributed by atoms with Crippen LogP contribution < -0.4 is 5.32 Å². The number of alkyl halides is 3. The lowest BCUT2D eigenvalue weighted by Gasteiger charge is -2.07. The van der Waals surface area contributed by atoms with Gasteiger partial charge in [0.05, 0.1) is 16.1 Å². The van der Waals surface area contributed by atoms with Crippen molar-refractivity contribution in [3.63, 3.8) is 0 Å². The largest absolute Gasteiger partial charge is 0.416 e. The summed E-state index contributed by atoms with van der Waals surface area (Å²) in [4.78, 5) is 8.40. The highest BCUT2D eigenvalue weighted by atomic mass is 35.5. The van der Waals surface area contributed by atoms with Crippen LogP contribution in [-0.2, 0) is 6.18 Å². The molecular formula is C19H13ClF3N3. The smallest absolute Gasteiger partial charge is 0.368 e. The molecule has 0 aliphatic rings. The first kappa shape index (κ1) is 18.0. The molecule has 1 N–H and O–H groups in total. The summed E-state index contributed by atoms with van der Waals surface area (Å²) < 4.78 is 37.8. The van der Waals surface area contributed by atoms with Gasteiger partial charge in [0.1, 0.15) is 12.1 Å². The molecule has 3 rings (SSSR count). The Bertz CT molecular complexity index is 985. The van der Waals surface area contributed by atoms with E-state index < -0.39 is 11.7 Å². The van der Waals surface area contributed by atoms with E-state index in [1.54, 1.807) is 0 Å². The summed E-state index contributed by atoms with van der Waals surface area (Å²) in [5.74, 6) is 6.40. The van der Waals surface area contributed by atoms with E-state index in [1.807, 2.05) is 24.3 Å². The van der Waals surface area contributed by atoms with E-state index in [4.69, 9.17) is 11.6 Å². The zero-order valence-electron chi connectivity index (χ0n) is 13.4. The van der Waals surface area contributed by atoms with Gasteiger partial charge in [-0.1, -0.05) is 35.6 Å². The van der Waals surface area contributed by atoms with E-state index in [1.165, 1.54) is 12.4 Å². The standard InChI is InChI=1S/C19H13ClF3N3/c20-16-11-14(19(21,22)23)9-8-13(16)5-3-4-10-24-18-15-6-1-2-7-17(15)25-12-26-18/h1-2,6-9,11-12H,4,10H2,(H,24,25,26). The van der Waals surface area contributed by atoms with Crippen LogP contribution in [-0.4, -0.2) is 16.5 Å². The number of anilines is 1. The molecule has 1 heterocycles. The van der Waals surface area contributed by atoms with Gasteiger partial charge in [0.25, 0.3) is 0 Å². The molecule has 0 fully saturated rings. The second kappa shape index (κ2) is 7.63. The van der Waals surface area contributed by atoms with Gasteiger partial charge in [0, 0.05) is 23.9 Å². The Hall–Kier alpha value is -2.78. The van der Waals surface area contributed by atoms with Gasteiger partial charge >= 0.3 is 6.18 Å². The summed E-state index contributed by atoms with van der Waals surface area (Å²) in [5.41, 5.74) is 0.421. The molecule has 26 heavy (non-hydrogen) atoms. The molecule has 0 radical (unpaired) electrons. The lowest BCUT2D eigenvalue weighted by Crippen LogP contribution is -2.04. The molecule has 0 amide bonds. The maximum Gasteiger partial charge on any atom is 0.416 e. The number of benzene rings is 2. The predicted molar refractivity (Wildman–Crippen MR) is 96.0 cm³/mol. The molecule has 3 aromatic rings. The van der Waals surface area contributed by atoms with Gasteiger partial charge in [0.2, 0.25) is 0 Å². The van der Waals surface area contributed by atoms with Gasteiger partial charge in [0.15, 0.2) is 0 Å². The molecule has 0 saturated heterocycles. The summed E-state index contributed by atoms with van der Waals surface area (Å²) in [6.07, 6.45) is -2.45. The minimum Gasteiger partial charge on any atom is -0.368 e. The minimum absolute atomic E-state index is 0.0120. The van der Waals surface area contributed by atoms with Crippen molar-refractivity contribution in [2.75, 3.05) is 11.9 Å². The van der Waals surface area contributed by atoms with Crippen molar-refractivity contribution in [3.05, 3.63) is 64.9 Å². The summed E-state index contributed by atoms with van der Waals surface area (Å²) in [5, 5.41) is 4.08. The lowest BCUT2D eigenvalue weighted by molar-refractivity contribution is -0.137. The van der Waals surface area contributed by atoms with Crippen LogP contribution in [0.4, 0.5) is 19.0 Å². The molecule has 7 heteroatoms. The Balaban J connectivity index is 1.63. The summed E-state index contributed by atoms with van der Waals surface area (Å²) in [6, 6.07) is 10.8. The van der Waals surface area contributed by atoms with Gasteiger partial charge < -0.3 is 5.32 Å². The van der Waals surface area contributed by atoms with Gasteiger partial charge in [-0.2, -0.15) is 13.2 Å². The predicted octanol–water partition coefficient (Wildman–Crippen LogP) is 5.16. The van der Waals surface area contributed by atoms with Gasteiger partial charge in [-0.05, 0) is 30.3 Å². The fourth-order valence-corrected chi connectivity index (χ4v) is 2.57. The van der Waals surface area contributed by atoms with Crippen LogP contribution in [0, 0.1) is 11.8 Å². The minimum atomic E-state index is -4.42. The number of halogens is 4. The average Bonchev–Trinajstić information content (AvgIpc) is 2.62. The number of aromatic nitrogens is 2. The Morgan fingerprint density at radius 3 is 2.65 bits per heavy atom. The molecular weight excluding hydrogens is 363 g/mol. The molecule has 132 valence electrons. The van der Waals surface area contributed by atoms with Crippen molar-refractivity contribution >= 4 is 28.3 Å². The van der Waals surface area contributed by atoms with Crippen LogP contribution in [0.1, 0.15) is 17.5 Å². The average molecular weight is 376 g/mol. The van der Waals surface area contributed by atoms with Crippen molar-refractivity contribution in [3.8, 4) is 11.8 Å². The third-order valence-electron chi connectivity index (χ3n) is 3.60. The third kappa shape index (κ3) is 4.24. The van der Waals surface area contributed by atoms with Gasteiger partial charge in [-0.3, -0.25) is 0 Å². The van der Waals surface area contributed by atoms with E-state index in [2.05, 4.69) is 27.1 Å². The van der Waals surface area contributed by atoms with Gasteiger partial charge in [-0.15, -0.1) is 0 Å². The quantitative estimate of drug-likeness (QED) is 0.508. The van der Waals surface area contributed by atoms with Crippen molar-refractivity contribution < 1.29 is 13.2 Å². The summed E-state index contributed by atoms with van der Waals surface area (Å²) in [6.45, 7) is 0.534. The SMILES string of the molecule is FC(F)(F)c1ccc(C#CCCNc2ncnc3ccccc23)c(Cl)c1. The molecule has 0 aliphatic heterocycles. The van der Waals surface area contributed by atoms with Gasteiger partial charge in [-0.25, -0.2) is 9.97 Å². The Morgan fingerprint density at radius 1 is 1.08 bits per heavy atom. The highest BCUT2D eigenvalue weighted by Gasteiger charge is 2.30. The monoisotopic (exact) mass is 375 g/mol. The Morgan fingerprint density at radius 2 is 1.88 bits per heavy atom. The molecule has 0 bridgehead atoms. The molecule has 0 spiro atoms. The fourth-order valence-electron chi connectivity index (χ4n) is 2.34. The van der Waals surface area contributed by atoms with E-state index in [0.29, 0.717) is 24.3 Å². The van der Waals surface area contributed by atoms with E-state index in [-0.39, 0.29) is 5.02 Å². The van der Waals surface area contributed by atoms with E-state index in [9.17, 15) is 13.2 Å². The van der Waals surface area contributed by atoms with E-state index in [0.717, 1.165) is 23.0 Å². The number of nitrogens with zero attached hydrogens (tertiary/aromatic N) is 2. The number of nitrogens with one attached hydrogen (secondary N) is 1. The normalized spacial score (nSPS) is 11.1. The third-order valence-corrected chi connectivity index (χ3v) is 3.92. The molecule has 3 nitrogen and oxygen atoms in total. The van der Waals surface area contributed by atoms with Crippen molar-refractivity contribution in [2.24, 2.45) is 0 Å².